The van der Waals surface area contributed by atoms with Crippen LogP contribution in [-0.4, -0.2) is 31.3 Å². The molecule has 8 nitrogen and oxygen atoms in total. The highest BCUT2D eigenvalue weighted by atomic mass is 16.2. The Morgan fingerprint density at radius 3 is 2.43 bits per heavy atom. The molecule has 2 heterocycles. The minimum absolute atomic E-state index is 0.157. The third-order valence-electron chi connectivity index (χ3n) is 4.51. The molecule has 144 valence electrons. The number of amides is 1. The van der Waals surface area contributed by atoms with Gasteiger partial charge in [-0.15, -0.1) is 0 Å². The van der Waals surface area contributed by atoms with Crippen LogP contribution in [0, 0.1) is 13.8 Å². The molecular weight excluding hydrogens is 358 g/mol. The van der Waals surface area contributed by atoms with Crippen molar-refractivity contribution in [1.29, 1.82) is 0 Å². The number of hydrogen-bond acceptors (Lipinski definition) is 5. The summed E-state index contributed by atoms with van der Waals surface area (Å²) in [5, 5.41) is 11.4. The molecule has 3 rings (SSSR count). The fraction of sp³-hybridized carbons (Fsp3) is 0.250. The van der Waals surface area contributed by atoms with Crippen LogP contribution < -0.4 is 10.9 Å². The third kappa shape index (κ3) is 3.75. The molecule has 0 saturated heterocycles. The van der Waals surface area contributed by atoms with Gasteiger partial charge in [0.05, 0.1) is 17.1 Å². The Morgan fingerprint density at radius 2 is 1.79 bits per heavy atom. The molecule has 1 amide bonds. The molecule has 0 aliphatic rings. The summed E-state index contributed by atoms with van der Waals surface area (Å²) < 4.78 is 2.85. The van der Waals surface area contributed by atoms with E-state index in [-0.39, 0.29) is 12.3 Å². The number of aromatic nitrogens is 4. The zero-order chi connectivity index (χ0) is 20.4. The second-order valence-electron chi connectivity index (χ2n) is 6.53. The summed E-state index contributed by atoms with van der Waals surface area (Å²) in [6.45, 7) is 4.94. The lowest BCUT2D eigenvalue weighted by Gasteiger charge is -2.10. The van der Waals surface area contributed by atoms with Gasteiger partial charge >= 0.3 is 0 Å². The van der Waals surface area contributed by atoms with Crippen molar-refractivity contribution < 1.29 is 9.59 Å². The van der Waals surface area contributed by atoms with Crippen LogP contribution in [0.15, 0.2) is 41.2 Å². The fourth-order valence-electron chi connectivity index (χ4n) is 3.06. The lowest BCUT2D eigenvalue weighted by atomic mass is 10.1. The second-order valence-corrected chi connectivity index (χ2v) is 6.53. The first-order valence-electron chi connectivity index (χ1n) is 8.76. The minimum atomic E-state index is -0.444. The summed E-state index contributed by atoms with van der Waals surface area (Å²) in [5.74, 6) is -0.601. The number of ketones is 1. The minimum Gasteiger partial charge on any atom is -0.324 e. The molecule has 0 aliphatic heterocycles. The van der Waals surface area contributed by atoms with E-state index in [1.54, 1.807) is 35.0 Å². The van der Waals surface area contributed by atoms with E-state index in [0.29, 0.717) is 16.9 Å². The Kier molecular flexibility index (Phi) is 5.21. The van der Waals surface area contributed by atoms with E-state index < -0.39 is 11.5 Å². The van der Waals surface area contributed by atoms with Gasteiger partial charge in [-0.3, -0.25) is 19.1 Å². The molecule has 0 unspecified atom stereocenters. The van der Waals surface area contributed by atoms with Crippen LogP contribution in [0.5, 0.6) is 0 Å². The molecule has 0 bridgehead atoms. The van der Waals surface area contributed by atoms with Gasteiger partial charge in [-0.25, -0.2) is 4.68 Å². The van der Waals surface area contributed by atoms with Gasteiger partial charge in [0.15, 0.2) is 5.78 Å². The Hall–Kier alpha value is -3.55. The normalized spacial score (nSPS) is 10.7. The quantitative estimate of drug-likeness (QED) is 0.685. The number of benzene rings is 1. The molecule has 0 fully saturated rings. The average Bonchev–Trinajstić information content (AvgIpc) is 2.89. The summed E-state index contributed by atoms with van der Waals surface area (Å²) in [5.41, 5.74) is 3.53. The molecule has 1 aromatic carbocycles. The van der Waals surface area contributed by atoms with Gasteiger partial charge in [0.1, 0.15) is 6.54 Å². The largest absolute Gasteiger partial charge is 0.324 e. The third-order valence-corrected chi connectivity index (χ3v) is 4.51. The maximum Gasteiger partial charge on any atom is 0.267 e. The number of rotatable bonds is 5. The number of nitrogens with one attached hydrogen (secondary N) is 1. The predicted molar refractivity (Wildman–Crippen MR) is 105 cm³/mol. The first kappa shape index (κ1) is 19.2. The highest BCUT2D eigenvalue weighted by molar-refractivity contribution is 6.03. The Balaban J connectivity index is 1.88. The first-order chi connectivity index (χ1) is 13.3. The van der Waals surface area contributed by atoms with Gasteiger partial charge in [-0.05, 0) is 39.0 Å². The van der Waals surface area contributed by atoms with Gasteiger partial charge in [-0.1, -0.05) is 12.1 Å². The molecule has 8 heteroatoms. The Labute approximate surface area is 161 Å². The van der Waals surface area contributed by atoms with Crippen LogP contribution in [0.2, 0.25) is 0 Å². The number of Topliss-reactive ketones (excluding diaryl/α,β-unsaturated/α-hetero) is 1. The van der Waals surface area contributed by atoms with Gasteiger partial charge in [0.25, 0.3) is 5.56 Å². The summed E-state index contributed by atoms with van der Waals surface area (Å²) >= 11 is 0. The van der Waals surface area contributed by atoms with E-state index in [1.807, 2.05) is 20.9 Å². The van der Waals surface area contributed by atoms with Gasteiger partial charge in [-0.2, -0.15) is 10.2 Å². The second kappa shape index (κ2) is 7.59. The lowest BCUT2D eigenvalue weighted by Crippen LogP contribution is -2.29. The molecule has 0 spiro atoms. The smallest absolute Gasteiger partial charge is 0.267 e. The van der Waals surface area contributed by atoms with Crippen molar-refractivity contribution >= 4 is 17.4 Å². The number of carbonyl (C=O) groups is 2. The lowest BCUT2D eigenvalue weighted by molar-refractivity contribution is -0.117. The van der Waals surface area contributed by atoms with Crippen molar-refractivity contribution in [1.82, 2.24) is 19.6 Å². The maximum absolute atomic E-state index is 12.5. The molecule has 0 radical (unpaired) electrons. The number of aryl methyl sites for hydroxylation is 2. The van der Waals surface area contributed by atoms with Crippen molar-refractivity contribution in [2.75, 3.05) is 5.32 Å². The Bertz CT molecular complexity index is 1130. The molecule has 2 aromatic heterocycles. The molecule has 28 heavy (non-hydrogen) atoms. The standard InChI is InChI=1S/C20H21N5O3/c1-12-20(13(2)24(4)22-12)17-9-10-19(28)25(23-17)11-18(27)21-16-8-6-5-7-15(16)14(3)26/h5-10H,11H2,1-4H3,(H,21,27). The van der Waals surface area contributed by atoms with Crippen molar-refractivity contribution in [3.8, 4) is 11.3 Å². The zero-order valence-corrected chi connectivity index (χ0v) is 16.2. The molecular formula is C20H21N5O3. The maximum atomic E-state index is 12.5. The number of hydrogen-bond donors (Lipinski definition) is 1. The van der Waals surface area contributed by atoms with Crippen LogP contribution in [0.1, 0.15) is 28.7 Å². The van der Waals surface area contributed by atoms with E-state index >= 15 is 0 Å². The van der Waals surface area contributed by atoms with Crippen molar-refractivity contribution in [3.05, 3.63) is 63.7 Å². The van der Waals surface area contributed by atoms with Crippen molar-refractivity contribution in [2.24, 2.45) is 7.05 Å². The average molecular weight is 379 g/mol. The van der Waals surface area contributed by atoms with Crippen LogP contribution in [0.4, 0.5) is 5.69 Å². The van der Waals surface area contributed by atoms with Crippen LogP contribution in [-0.2, 0) is 18.4 Å². The number of anilines is 1. The molecule has 1 N–H and O–H groups in total. The first-order valence-corrected chi connectivity index (χ1v) is 8.76. The Morgan fingerprint density at radius 1 is 1.07 bits per heavy atom. The zero-order valence-electron chi connectivity index (χ0n) is 16.2. The van der Waals surface area contributed by atoms with E-state index in [1.165, 1.54) is 13.0 Å². The molecule has 0 aliphatic carbocycles. The van der Waals surface area contributed by atoms with Crippen molar-refractivity contribution in [2.45, 2.75) is 27.3 Å². The van der Waals surface area contributed by atoms with Gasteiger partial charge < -0.3 is 5.32 Å². The molecule has 0 saturated carbocycles. The highest BCUT2D eigenvalue weighted by Crippen LogP contribution is 2.23. The molecule has 3 aromatic rings. The molecule has 0 atom stereocenters. The van der Waals surface area contributed by atoms with Gasteiger partial charge in [0, 0.05) is 29.9 Å². The topological polar surface area (TPSA) is 98.9 Å². The van der Waals surface area contributed by atoms with Crippen LogP contribution >= 0.6 is 0 Å². The monoisotopic (exact) mass is 379 g/mol. The van der Waals surface area contributed by atoms with Crippen LogP contribution in [0.3, 0.4) is 0 Å². The van der Waals surface area contributed by atoms with E-state index in [0.717, 1.165) is 21.6 Å². The number of carbonyl (C=O) groups excluding carboxylic acids is 2. The van der Waals surface area contributed by atoms with Crippen molar-refractivity contribution in [3.63, 3.8) is 0 Å². The summed E-state index contributed by atoms with van der Waals surface area (Å²) in [6.07, 6.45) is 0. The highest BCUT2D eigenvalue weighted by Gasteiger charge is 2.16. The van der Waals surface area contributed by atoms with Gasteiger partial charge in [0.2, 0.25) is 5.91 Å². The summed E-state index contributed by atoms with van der Waals surface area (Å²) in [4.78, 5) is 36.3. The van der Waals surface area contributed by atoms with Crippen LogP contribution in [0.25, 0.3) is 11.3 Å². The fourth-order valence-corrected chi connectivity index (χ4v) is 3.06. The van der Waals surface area contributed by atoms with E-state index in [4.69, 9.17) is 0 Å². The number of para-hydroxylation sites is 1. The SMILES string of the molecule is CC(=O)c1ccccc1NC(=O)Cn1nc(-c2c(C)nn(C)c2C)ccc1=O. The van der Waals surface area contributed by atoms with E-state index in [2.05, 4.69) is 15.5 Å². The predicted octanol–water partition coefficient (Wildman–Crippen LogP) is 2.10. The number of nitrogens with zero attached hydrogens (tertiary/aromatic N) is 4. The summed E-state index contributed by atoms with van der Waals surface area (Å²) in [7, 11) is 1.84. The van der Waals surface area contributed by atoms with E-state index in [9.17, 15) is 14.4 Å². The summed E-state index contributed by atoms with van der Waals surface area (Å²) in [6, 6.07) is 9.73.